The predicted octanol–water partition coefficient (Wildman–Crippen LogP) is 4.98. The Labute approximate surface area is 154 Å². The summed E-state index contributed by atoms with van der Waals surface area (Å²) >= 11 is 13.8. The molecular formula is C18H14Cl2N2OS. The Kier molecular flexibility index (Phi) is 5.51. The maximum atomic E-state index is 12.1. The molecule has 24 heavy (non-hydrogen) atoms. The fraction of sp³-hybridized carbons (Fsp3) is 0.111. The van der Waals surface area contributed by atoms with E-state index in [0.29, 0.717) is 27.8 Å². The van der Waals surface area contributed by atoms with Crippen LogP contribution in [0.1, 0.15) is 11.3 Å². The summed E-state index contributed by atoms with van der Waals surface area (Å²) in [4.78, 5) is 16.6. The molecule has 0 aliphatic rings. The van der Waals surface area contributed by atoms with E-state index in [1.807, 2.05) is 35.7 Å². The Morgan fingerprint density at radius 2 is 1.75 bits per heavy atom. The molecule has 0 radical (unpaired) electrons. The van der Waals surface area contributed by atoms with Crippen LogP contribution in [0.3, 0.4) is 0 Å². The summed E-state index contributed by atoms with van der Waals surface area (Å²) < 4.78 is 0. The first-order chi connectivity index (χ1) is 11.6. The van der Waals surface area contributed by atoms with Crippen LogP contribution < -0.4 is 5.32 Å². The van der Waals surface area contributed by atoms with Gasteiger partial charge in [0.25, 0.3) is 0 Å². The van der Waals surface area contributed by atoms with Crippen molar-refractivity contribution in [1.82, 2.24) is 10.3 Å². The van der Waals surface area contributed by atoms with Gasteiger partial charge in [-0.25, -0.2) is 4.98 Å². The van der Waals surface area contributed by atoms with Crippen LogP contribution in [0.2, 0.25) is 10.0 Å². The number of benzene rings is 2. The zero-order chi connectivity index (χ0) is 16.9. The zero-order valence-electron chi connectivity index (χ0n) is 12.6. The lowest BCUT2D eigenvalue weighted by Crippen LogP contribution is -2.24. The third-order valence-electron chi connectivity index (χ3n) is 3.40. The molecule has 2 aromatic carbocycles. The van der Waals surface area contributed by atoms with Crippen LogP contribution in [-0.4, -0.2) is 10.9 Å². The van der Waals surface area contributed by atoms with Gasteiger partial charge >= 0.3 is 0 Å². The molecule has 0 unspecified atom stereocenters. The highest BCUT2D eigenvalue weighted by atomic mass is 35.5. The molecule has 0 saturated heterocycles. The van der Waals surface area contributed by atoms with Gasteiger partial charge in [0.15, 0.2) is 0 Å². The lowest BCUT2D eigenvalue weighted by molar-refractivity contribution is -0.120. The van der Waals surface area contributed by atoms with Crippen molar-refractivity contribution in [1.29, 1.82) is 0 Å². The van der Waals surface area contributed by atoms with Crippen LogP contribution in [0.4, 0.5) is 0 Å². The number of carbonyl (C=O) groups excluding carboxylic acids is 1. The van der Waals surface area contributed by atoms with E-state index < -0.39 is 0 Å². The number of thiazole rings is 1. The standard InChI is InChI=1S/C18H14Cl2N2OS/c19-14-7-4-8-15(20)17(14)18-22-13(11-24-18)9-16(23)21-10-12-5-2-1-3-6-12/h1-8,11H,9-10H2,(H,21,23). The molecule has 0 aliphatic carbocycles. The van der Waals surface area contributed by atoms with E-state index >= 15 is 0 Å². The van der Waals surface area contributed by atoms with Gasteiger partial charge in [0, 0.05) is 17.5 Å². The highest BCUT2D eigenvalue weighted by Crippen LogP contribution is 2.36. The Balaban J connectivity index is 1.65. The van der Waals surface area contributed by atoms with Gasteiger partial charge in [-0.3, -0.25) is 4.79 Å². The van der Waals surface area contributed by atoms with Crippen LogP contribution in [0.5, 0.6) is 0 Å². The monoisotopic (exact) mass is 376 g/mol. The Morgan fingerprint density at radius 1 is 1.04 bits per heavy atom. The number of hydrogen-bond donors (Lipinski definition) is 1. The number of amides is 1. The van der Waals surface area contributed by atoms with E-state index in [1.165, 1.54) is 11.3 Å². The average Bonchev–Trinajstić information content (AvgIpc) is 3.02. The van der Waals surface area contributed by atoms with Crippen LogP contribution in [0.15, 0.2) is 53.9 Å². The second-order valence-electron chi connectivity index (χ2n) is 5.18. The number of carbonyl (C=O) groups is 1. The predicted molar refractivity (Wildman–Crippen MR) is 99.6 cm³/mol. The molecule has 0 atom stereocenters. The topological polar surface area (TPSA) is 42.0 Å². The Hall–Kier alpha value is -1.88. The van der Waals surface area contributed by atoms with E-state index in [2.05, 4.69) is 10.3 Å². The van der Waals surface area contributed by atoms with E-state index in [1.54, 1.807) is 18.2 Å². The first-order valence-corrected chi connectivity index (χ1v) is 8.96. The largest absolute Gasteiger partial charge is 0.352 e. The second-order valence-corrected chi connectivity index (χ2v) is 6.85. The molecule has 1 amide bonds. The molecule has 3 aromatic rings. The molecule has 1 heterocycles. The quantitative estimate of drug-likeness (QED) is 0.682. The van der Waals surface area contributed by atoms with Gasteiger partial charge in [-0.15, -0.1) is 11.3 Å². The molecule has 0 aliphatic heterocycles. The fourth-order valence-corrected chi connectivity index (χ4v) is 3.81. The van der Waals surface area contributed by atoms with Gasteiger partial charge in [-0.1, -0.05) is 59.6 Å². The smallest absolute Gasteiger partial charge is 0.226 e. The molecule has 1 aromatic heterocycles. The van der Waals surface area contributed by atoms with Crippen molar-refractivity contribution in [3.05, 3.63) is 75.2 Å². The third-order valence-corrected chi connectivity index (χ3v) is 4.94. The Bertz CT molecular complexity index is 829. The lowest BCUT2D eigenvalue weighted by atomic mass is 10.2. The number of aromatic nitrogens is 1. The minimum Gasteiger partial charge on any atom is -0.352 e. The van der Waals surface area contributed by atoms with Crippen molar-refractivity contribution in [3.63, 3.8) is 0 Å². The fourth-order valence-electron chi connectivity index (χ4n) is 2.23. The third kappa shape index (κ3) is 4.15. The molecule has 6 heteroatoms. The number of nitrogens with one attached hydrogen (secondary N) is 1. The van der Waals surface area contributed by atoms with Crippen molar-refractivity contribution in [2.45, 2.75) is 13.0 Å². The SMILES string of the molecule is O=C(Cc1csc(-c2c(Cl)cccc2Cl)n1)NCc1ccccc1. The first-order valence-electron chi connectivity index (χ1n) is 7.33. The van der Waals surface area contributed by atoms with Crippen molar-refractivity contribution < 1.29 is 4.79 Å². The highest BCUT2D eigenvalue weighted by molar-refractivity contribution is 7.13. The number of rotatable bonds is 5. The molecule has 0 fully saturated rings. The molecule has 1 N–H and O–H groups in total. The summed E-state index contributed by atoms with van der Waals surface area (Å²) in [6.45, 7) is 0.507. The number of halogens is 2. The van der Waals surface area contributed by atoms with E-state index in [-0.39, 0.29) is 12.3 Å². The van der Waals surface area contributed by atoms with E-state index in [9.17, 15) is 4.79 Å². The molecule has 3 nitrogen and oxygen atoms in total. The van der Waals surface area contributed by atoms with Gasteiger partial charge in [0.05, 0.1) is 22.2 Å². The van der Waals surface area contributed by atoms with Crippen molar-refractivity contribution in [3.8, 4) is 10.6 Å². The summed E-state index contributed by atoms with van der Waals surface area (Å²) in [5.41, 5.74) is 2.48. The summed E-state index contributed by atoms with van der Waals surface area (Å²) in [6.07, 6.45) is 0.228. The summed E-state index contributed by atoms with van der Waals surface area (Å²) in [6, 6.07) is 15.1. The summed E-state index contributed by atoms with van der Waals surface area (Å²) in [7, 11) is 0. The van der Waals surface area contributed by atoms with Crippen LogP contribution in [0.25, 0.3) is 10.6 Å². The minimum absolute atomic E-state index is 0.0686. The maximum absolute atomic E-state index is 12.1. The number of nitrogens with zero attached hydrogens (tertiary/aromatic N) is 1. The molecule has 0 bridgehead atoms. The second kappa shape index (κ2) is 7.79. The molecule has 0 saturated carbocycles. The molecule has 0 spiro atoms. The summed E-state index contributed by atoms with van der Waals surface area (Å²) in [5, 5.41) is 6.58. The van der Waals surface area contributed by atoms with E-state index in [0.717, 1.165) is 10.6 Å². The van der Waals surface area contributed by atoms with Gasteiger partial charge in [0.1, 0.15) is 5.01 Å². The lowest BCUT2D eigenvalue weighted by Gasteiger charge is -2.04. The molecule has 3 rings (SSSR count). The van der Waals surface area contributed by atoms with Gasteiger partial charge < -0.3 is 5.32 Å². The van der Waals surface area contributed by atoms with Gasteiger partial charge in [0.2, 0.25) is 5.91 Å². The normalized spacial score (nSPS) is 10.6. The minimum atomic E-state index is -0.0686. The zero-order valence-corrected chi connectivity index (χ0v) is 15.0. The Morgan fingerprint density at radius 3 is 2.46 bits per heavy atom. The first kappa shape index (κ1) is 17.0. The van der Waals surface area contributed by atoms with Crippen molar-refractivity contribution in [2.24, 2.45) is 0 Å². The maximum Gasteiger partial charge on any atom is 0.226 e. The van der Waals surface area contributed by atoms with Crippen molar-refractivity contribution >= 4 is 40.4 Å². The van der Waals surface area contributed by atoms with E-state index in [4.69, 9.17) is 23.2 Å². The van der Waals surface area contributed by atoms with Gasteiger partial charge in [-0.05, 0) is 17.7 Å². The highest BCUT2D eigenvalue weighted by Gasteiger charge is 2.14. The van der Waals surface area contributed by atoms with Crippen molar-refractivity contribution in [2.75, 3.05) is 0 Å². The van der Waals surface area contributed by atoms with Crippen LogP contribution in [0, 0.1) is 0 Å². The van der Waals surface area contributed by atoms with Gasteiger partial charge in [-0.2, -0.15) is 0 Å². The molecule has 122 valence electrons. The van der Waals surface area contributed by atoms with Crippen LogP contribution in [-0.2, 0) is 17.8 Å². The molecular weight excluding hydrogens is 363 g/mol. The van der Waals surface area contributed by atoms with Crippen LogP contribution >= 0.6 is 34.5 Å². The summed E-state index contributed by atoms with van der Waals surface area (Å²) in [5.74, 6) is -0.0686. The number of hydrogen-bond acceptors (Lipinski definition) is 3. The average molecular weight is 377 g/mol.